The average Bonchev–Trinajstić information content (AvgIpc) is 2.76. The topological polar surface area (TPSA) is 54.0 Å². The van der Waals surface area contributed by atoms with E-state index in [2.05, 4.69) is 10.2 Å². The van der Waals surface area contributed by atoms with Gasteiger partial charge in [-0.05, 0) is 48.4 Å². The predicted molar refractivity (Wildman–Crippen MR) is 116 cm³/mol. The number of carbonyl (C=O) groups excluding carboxylic acids is 1. The monoisotopic (exact) mass is 417 g/mol. The minimum atomic E-state index is -0.120. The highest BCUT2D eigenvalue weighted by atomic mass is 35.5. The maximum Gasteiger partial charge on any atom is 0.322 e. The van der Waals surface area contributed by atoms with Crippen LogP contribution in [0.25, 0.3) is 0 Å². The summed E-state index contributed by atoms with van der Waals surface area (Å²) in [4.78, 5) is 17.2. The molecule has 0 saturated carbocycles. The van der Waals surface area contributed by atoms with Crippen LogP contribution < -0.4 is 10.1 Å². The second kappa shape index (κ2) is 11.0. The number of carbonyl (C=O) groups is 1. The standard InChI is InChI=1S/C22H28ClN3O3/c1-28-21-9-3-18(4-10-21)17-26(12-2-11-25-13-15-29-16-14-25)22(27)24-20-7-5-19(23)6-8-20/h3-10H,2,11-17H2,1H3,(H,24,27). The fraction of sp³-hybridized carbons (Fsp3) is 0.409. The summed E-state index contributed by atoms with van der Waals surface area (Å²) in [5.41, 5.74) is 1.79. The van der Waals surface area contributed by atoms with Gasteiger partial charge in [0.05, 0.1) is 20.3 Å². The van der Waals surface area contributed by atoms with Crippen molar-refractivity contribution in [3.05, 3.63) is 59.1 Å². The summed E-state index contributed by atoms with van der Waals surface area (Å²) in [5, 5.41) is 3.61. The lowest BCUT2D eigenvalue weighted by Crippen LogP contribution is -2.40. The first-order valence-electron chi connectivity index (χ1n) is 9.88. The van der Waals surface area contributed by atoms with Gasteiger partial charge in [0.15, 0.2) is 0 Å². The molecule has 0 aliphatic carbocycles. The van der Waals surface area contributed by atoms with Crippen molar-refractivity contribution in [1.82, 2.24) is 9.80 Å². The molecule has 0 aromatic heterocycles. The van der Waals surface area contributed by atoms with Crippen LogP contribution in [0.4, 0.5) is 10.5 Å². The molecule has 1 heterocycles. The summed E-state index contributed by atoms with van der Waals surface area (Å²) in [6, 6.07) is 14.8. The number of rotatable bonds is 8. The number of methoxy groups -OCH3 is 1. The molecule has 2 amide bonds. The third-order valence-corrected chi connectivity index (χ3v) is 5.17. The van der Waals surface area contributed by atoms with Gasteiger partial charge in [0.2, 0.25) is 0 Å². The van der Waals surface area contributed by atoms with Crippen molar-refractivity contribution < 1.29 is 14.3 Å². The Morgan fingerprint density at radius 2 is 1.83 bits per heavy atom. The van der Waals surface area contributed by atoms with Crippen LogP contribution in [-0.4, -0.2) is 62.3 Å². The summed E-state index contributed by atoms with van der Waals surface area (Å²) < 4.78 is 10.6. The van der Waals surface area contributed by atoms with Gasteiger partial charge in [-0.25, -0.2) is 4.79 Å². The summed E-state index contributed by atoms with van der Waals surface area (Å²) >= 11 is 5.94. The molecule has 6 nitrogen and oxygen atoms in total. The minimum absolute atomic E-state index is 0.120. The van der Waals surface area contributed by atoms with Crippen molar-refractivity contribution in [3.8, 4) is 5.75 Å². The second-order valence-corrected chi connectivity index (χ2v) is 7.45. The van der Waals surface area contributed by atoms with Gasteiger partial charge in [-0.3, -0.25) is 4.90 Å². The molecule has 2 aromatic rings. The Morgan fingerprint density at radius 3 is 2.48 bits per heavy atom. The highest BCUT2D eigenvalue weighted by molar-refractivity contribution is 6.30. The third kappa shape index (κ3) is 6.92. The predicted octanol–water partition coefficient (Wildman–Crippen LogP) is 4.11. The van der Waals surface area contributed by atoms with E-state index in [9.17, 15) is 4.79 Å². The van der Waals surface area contributed by atoms with E-state index >= 15 is 0 Å². The molecule has 1 saturated heterocycles. The lowest BCUT2D eigenvalue weighted by Gasteiger charge is -2.28. The Balaban J connectivity index is 1.61. The van der Waals surface area contributed by atoms with Crippen LogP contribution in [0.3, 0.4) is 0 Å². The molecule has 1 N–H and O–H groups in total. The van der Waals surface area contributed by atoms with Crippen molar-refractivity contribution in [2.45, 2.75) is 13.0 Å². The molecular formula is C22H28ClN3O3. The number of amides is 2. The molecule has 1 aliphatic rings. The minimum Gasteiger partial charge on any atom is -0.497 e. The van der Waals surface area contributed by atoms with Gasteiger partial charge in [-0.15, -0.1) is 0 Å². The molecule has 0 spiro atoms. The van der Waals surface area contributed by atoms with Crippen LogP contribution in [0.2, 0.25) is 5.02 Å². The number of nitrogens with zero attached hydrogens (tertiary/aromatic N) is 2. The Kier molecular flexibility index (Phi) is 8.16. The Hall–Kier alpha value is -2.28. The van der Waals surface area contributed by atoms with Crippen molar-refractivity contribution in [1.29, 1.82) is 0 Å². The fourth-order valence-electron chi connectivity index (χ4n) is 3.25. The molecule has 2 aromatic carbocycles. The van der Waals surface area contributed by atoms with Crippen molar-refractivity contribution in [2.75, 3.05) is 51.8 Å². The van der Waals surface area contributed by atoms with Gasteiger partial charge >= 0.3 is 6.03 Å². The lowest BCUT2D eigenvalue weighted by atomic mass is 10.2. The molecule has 7 heteroatoms. The van der Waals surface area contributed by atoms with Gasteiger partial charge in [-0.1, -0.05) is 23.7 Å². The Labute approximate surface area is 177 Å². The summed E-state index contributed by atoms with van der Waals surface area (Å²) in [7, 11) is 1.65. The molecule has 0 bridgehead atoms. The fourth-order valence-corrected chi connectivity index (χ4v) is 3.38. The lowest BCUT2D eigenvalue weighted by molar-refractivity contribution is 0.0365. The van der Waals surface area contributed by atoms with E-state index in [0.29, 0.717) is 18.1 Å². The largest absolute Gasteiger partial charge is 0.497 e. The van der Waals surface area contributed by atoms with E-state index < -0.39 is 0 Å². The molecule has 0 atom stereocenters. The maximum absolute atomic E-state index is 12.9. The van der Waals surface area contributed by atoms with Crippen LogP contribution in [0, 0.1) is 0 Å². The van der Waals surface area contributed by atoms with Crippen LogP contribution >= 0.6 is 11.6 Å². The van der Waals surface area contributed by atoms with E-state index in [4.69, 9.17) is 21.1 Å². The van der Waals surface area contributed by atoms with Gasteiger partial charge in [-0.2, -0.15) is 0 Å². The molecule has 156 valence electrons. The van der Waals surface area contributed by atoms with E-state index in [1.165, 1.54) is 0 Å². The van der Waals surface area contributed by atoms with Gasteiger partial charge in [0, 0.05) is 43.4 Å². The number of morpholine rings is 1. The van der Waals surface area contributed by atoms with Crippen molar-refractivity contribution >= 4 is 23.3 Å². The zero-order chi connectivity index (χ0) is 20.5. The number of anilines is 1. The summed E-state index contributed by atoms with van der Waals surface area (Å²) in [6.07, 6.45) is 0.907. The smallest absolute Gasteiger partial charge is 0.322 e. The third-order valence-electron chi connectivity index (χ3n) is 4.92. The van der Waals surface area contributed by atoms with E-state index in [1.54, 1.807) is 31.4 Å². The normalized spacial score (nSPS) is 14.4. The first-order chi connectivity index (χ1) is 14.1. The van der Waals surface area contributed by atoms with Crippen LogP contribution in [0.5, 0.6) is 5.75 Å². The highest BCUT2D eigenvalue weighted by Gasteiger charge is 2.16. The Morgan fingerprint density at radius 1 is 1.14 bits per heavy atom. The number of hydrogen-bond acceptors (Lipinski definition) is 4. The number of ether oxygens (including phenoxy) is 2. The average molecular weight is 418 g/mol. The molecule has 0 radical (unpaired) electrons. The van der Waals surface area contributed by atoms with Crippen molar-refractivity contribution in [3.63, 3.8) is 0 Å². The first-order valence-corrected chi connectivity index (χ1v) is 10.3. The summed E-state index contributed by atoms with van der Waals surface area (Å²) in [6.45, 7) is 5.64. The SMILES string of the molecule is COc1ccc(CN(CCCN2CCOCC2)C(=O)Nc2ccc(Cl)cc2)cc1. The van der Waals surface area contributed by atoms with Crippen LogP contribution in [0.1, 0.15) is 12.0 Å². The number of nitrogens with one attached hydrogen (secondary N) is 1. The number of benzene rings is 2. The van der Waals surface area contributed by atoms with Gasteiger partial charge in [0.25, 0.3) is 0 Å². The quantitative estimate of drug-likeness (QED) is 0.702. The van der Waals surface area contributed by atoms with Gasteiger partial charge < -0.3 is 19.7 Å². The zero-order valence-electron chi connectivity index (χ0n) is 16.8. The highest BCUT2D eigenvalue weighted by Crippen LogP contribution is 2.16. The molecule has 3 rings (SSSR count). The van der Waals surface area contributed by atoms with E-state index in [1.807, 2.05) is 29.2 Å². The molecule has 1 fully saturated rings. The van der Waals surface area contributed by atoms with Crippen molar-refractivity contribution in [2.24, 2.45) is 0 Å². The second-order valence-electron chi connectivity index (χ2n) is 7.01. The zero-order valence-corrected chi connectivity index (χ0v) is 17.5. The molecular weight excluding hydrogens is 390 g/mol. The Bertz CT molecular complexity index is 762. The van der Waals surface area contributed by atoms with Crippen LogP contribution in [0.15, 0.2) is 48.5 Å². The molecule has 1 aliphatic heterocycles. The van der Waals surface area contributed by atoms with E-state index in [-0.39, 0.29) is 6.03 Å². The summed E-state index contributed by atoms with van der Waals surface area (Å²) in [5.74, 6) is 0.804. The molecule has 0 unspecified atom stereocenters. The molecule has 29 heavy (non-hydrogen) atoms. The van der Waals surface area contributed by atoms with E-state index in [0.717, 1.165) is 56.3 Å². The number of hydrogen-bond donors (Lipinski definition) is 1. The van der Waals surface area contributed by atoms with Gasteiger partial charge in [0.1, 0.15) is 5.75 Å². The van der Waals surface area contributed by atoms with Crippen LogP contribution in [-0.2, 0) is 11.3 Å². The maximum atomic E-state index is 12.9. The first kappa shape index (κ1) is 21.4. The number of halogens is 1. The number of urea groups is 1.